The van der Waals surface area contributed by atoms with Crippen LogP contribution < -0.4 is 0 Å². The smallest absolute Gasteiger partial charge is 0.375 e. The van der Waals surface area contributed by atoms with E-state index in [1.807, 2.05) is 32.0 Å². The Kier molecular flexibility index (Phi) is 3.41. The van der Waals surface area contributed by atoms with Crippen molar-refractivity contribution in [2.75, 3.05) is 6.61 Å². The van der Waals surface area contributed by atoms with Crippen LogP contribution in [0.1, 0.15) is 28.7 Å². The second-order valence-corrected chi connectivity index (χ2v) is 4.03. The van der Waals surface area contributed by atoms with Crippen molar-refractivity contribution in [3.63, 3.8) is 0 Å². The van der Waals surface area contributed by atoms with Crippen LogP contribution >= 0.6 is 0 Å². The molecule has 0 aliphatic heterocycles. The number of ether oxygens (including phenoxy) is 1. The van der Waals surface area contributed by atoms with Gasteiger partial charge in [0.05, 0.1) is 6.61 Å². The Hall–Kier alpha value is -2.17. The zero-order valence-corrected chi connectivity index (χ0v) is 10.7. The maximum atomic E-state index is 11.5. The number of aromatic amines is 1. The van der Waals surface area contributed by atoms with Crippen molar-refractivity contribution in [3.8, 4) is 11.4 Å². The fourth-order valence-corrected chi connectivity index (χ4v) is 1.56. The number of H-pyrrole nitrogens is 1. The van der Waals surface area contributed by atoms with Gasteiger partial charge in [0.15, 0.2) is 5.82 Å². The summed E-state index contributed by atoms with van der Waals surface area (Å²) in [5.74, 6) is 0.145. The first kappa shape index (κ1) is 12.3. The molecule has 0 atom stereocenters. The van der Waals surface area contributed by atoms with Gasteiger partial charge in [-0.1, -0.05) is 12.1 Å². The topological polar surface area (TPSA) is 67.9 Å². The summed E-state index contributed by atoms with van der Waals surface area (Å²) in [6, 6.07) is 5.93. The van der Waals surface area contributed by atoms with E-state index in [9.17, 15) is 4.79 Å². The Balaban J connectivity index is 2.29. The maximum Gasteiger partial charge on any atom is 0.375 e. The molecule has 18 heavy (non-hydrogen) atoms. The summed E-state index contributed by atoms with van der Waals surface area (Å²) in [5.41, 5.74) is 3.25. The average Bonchev–Trinajstić information content (AvgIpc) is 2.82. The Morgan fingerprint density at radius 3 is 2.78 bits per heavy atom. The van der Waals surface area contributed by atoms with E-state index in [4.69, 9.17) is 4.74 Å². The number of aromatic nitrogens is 3. The first-order valence-corrected chi connectivity index (χ1v) is 5.79. The molecule has 0 fully saturated rings. The molecule has 0 radical (unpaired) electrons. The SMILES string of the molecule is CCOC(=O)c1nc(-c2ccc(C)c(C)c2)n[nH]1. The third kappa shape index (κ3) is 2.40. The van der Waals surface area contributed by atoms with E-state index in [-0.39, 0.29) is 5.82 Å². The maximum absolute atomic E-state index is 11.5. The number of esters is 1. The molecule has 94 valence electrons. The Morgan fingerprint density at radius 2 is 2.11 bits per heavy atom. The molecule has 0 spiro atoms. The largest absolute Gasteiger partial charge is 0.460 e. The molecule has 1 aromatic heterocycles. The standard InChI is InChI=1S/C13H15N3O2/c1-4-18-13(17)12-14-11(15-16-12)10-6-5-8(2)9(3)7-10/h5-7H,4H2,1-3H3,(H,14,15,16). The molecule has 0 saturated carbocycles. The predicted octanol–water partition coefficient (Wildman–Crippen LogP) is 2.27. The lowest BCUT2D eigenvalue weighted by atomic mass is 10.1. The van der Waals surface area contributed by atoms with Crippen molar-refractivity contribution >= 4 is 5.97 Å². The van der Waals surface area contributed by atoms with Gasteiger partial charge < -0.3 is 4.74 Å². The lowest BCUT2D eigenvalue weighted by molar-refractivity contribution is 0.0512. The number of hydrogen-bond acceptors (Lipinski definition) is 4. The quantitative estimate of drug-likeness (QED) is 0.842. The average molecular weight is 245 g/mol. The van der Waals surface area contributed by atoms with Crippen LogP contribution in [0.2, 0.25) is 0 Å². The number of hydrogen-bond donors (Lipinski definition) is 1. The van der Waals surface area contributed by atoms with Gasteiger partial charge in [-0.3, -0.25) is 5.10 Å². The van der Waals surface area contributed by atoms with Crippen molar-refractivity contribution in [3.05, 3.63) is 35.2 Å². The van der Waals surface area contributed by atoms with Crippen LogP contribution in [0.25, 0.3) is 11.4 Å². The molecular weight excluding hydrogens is 230 g/mol. The summed E-state index contributed by atoms with van der Waals surface area (Å²) in [5, 5.41) is 6.61. The van der Waals surface area contributed by atoms with E-state index in [0.29, 0.717) is 12.4 Å². The number of carbonyl (C=O) groups excluding carboxylic acids is 1. The second-order valence-electron chi connectivity index (χ2n) is 4.03. The number of benzene rings is 1. The van der Waals surface area contributed by atoms with Crippen molar-refractivity contribution < 1.29 is 9.53 Å². The van der Waals surface area contributed by atoms with E-state index in [2.05, 4.69) is 15.2 Å². The molecular formula is C13H15N3O2. The fraction of sp³-hybridized carbons (Fsp3) is 0.308. The first-order chi connectivity index (χ1) is 8.61. The van der Waals surface area contributed by atoms with Gasteiger partial charge in [0.25, 0.3) is 0 Å². The summed E-state index contributed by atoms with van der Waals surface area (Å²) in [6.07, 6.45) is 0. The van der Waals surface area contributed by atoms with Crippen molar-refractivity contribution in [2.24, 2.45) is 0 Å². The molecule has 2 rings (SSSR count). The highest BCUT2D eigenvalue weighted by Crippen LogP contribution is 2.18. The van der Waals surface area contributed by atoms with Gasteiger partial charge >= 0.3 is 5.97 Å². The summed E-state index contributed by atoms with van der Waals surface area (Å²) in [6.45, 7) is 6.13. The van der Waals surface area contributed by atoms with E-state index < -0.39 is 5.97 Å². The van der Waals surface area contributed by atoms with E-state index in [1.165, 1.54) is 5.56 Å². The molecule has 2 aromatic rings. The molecule has 1 N–H and O–H groups in total. The fourth-order valence-electron chi connectivity index (χ4n) is 1.56. The minimum Gasteiger partial charge on any atom is -0.460 e. The highest BCUT2D eigenvalue weighted by molar-refractivity contribution is 5.85. The Labute approximate surface area is 105 Å². The third-order valence-electron chi connectivity index (χ3n) is 2.72. The van der Waals surface area contributed by atoms with Crippen LogP contribution in [0, 0.1) is 13.8 Å². The molecule has 1 aromatic carbocycles. The first-order valence-electron chi connectivity index (χ1n) is 5.79. The van der Waals surface area contributed by atoms with Gasteiger partial charge in [0.2, 0.25) is 5.82 Å². The minimum atomic E-state index is -0.486. The normalized spacial score (nSPS) is 10.4. The molecule has 0 aliphatic carbocycles. The van der Waals surface area contributed by atoms with Gasteiger partial charge in [0.1, 0.15) is 0 Å². The summed E-state index contributed by atoms with van der Waals surface area (Å²) < 4.78 is 4.85. The number of nitrogens with zero attached hydrogens (tertiary/aromatic N) is 2. The van der Waals surface area contributed by atoms with Gasteiger partial charge in [0, 0.05) is 5.56 Å². The van der Waals surface area contributed by atoms with Gasteiger partial charge in [-0.25, -0.2) is 9.78 Å². The summed E-state index contributed by atoms with van der Waals surface area (Å²) in [7, 11) is 0. The monoisotopic (exact) mass is 245 g/mol. The highest BCUT2D eigenvalue weighted by Gasteiger charge is 2.13. The number of rotatable bonds is 3. The minimum absolute atomic E-state index is 0.130. The lowest BCUT2D eigenvalue weighted by Gasteiger charge is -2.01. The van der Waals surface area contributed by atoms with E-state index in [0.717, 1.165) is 11.1 Å². The van der Waals surface area contributed by atoms with Crippen LogP contribution in [-0.4, -0.2) is 27.8 Å². The third-order valence-corrected chi connectivity index (χ3v) is 2.72. The Morgan fingerprint density at radius 1 is 1.33 bits per heavy atom. The molecule has 0 bridgehead atoms. The molecule has 1 heterocycles. The molecule has 0 aliphatic rings. The molecule has 5 nitrogen and oxygen atoms in total. The van der Waals surface area contributed by atoms with Gasteiger partial charge in [-0.15, -0.1) is 0 Å². The molecule has 0 unspecified atom stereocenters. The van der Waals surface area contributed by atoms with Crippen LogP contribution in [0.15, 0.2) is 18.2 Å². The predicted molar refractivity (Wildman–Crippen MR) is 67.2 cm³/mol. The van der Waals surface area contributed by atoms with Crippen molar-refractivity contribution in [1.29, 1.82) is 0 Å². The summed E-state index contributed by atoms with van der Waals surface area (Å²) in [4.78, 5) is 15.6. The van der Waals surface area contributed by atoms with Crippen LogP contribution in [0.4, 0.5) is 0 Å². The lowest BCUT2D eigenvalue weighted by Crippen LogP contribution is -2.06. The highest BCUT2D eigenvalue weighted by atomic mass is 16.5. The Bertz CT molecular complexity index is 575. The summed E-state index contributed by atoms with van der Waals surface area (Å²) >= 11 is 0. The molecule has 5 heteroatoms. The second kappa shape index (κ2) is 5.00. The number of carbonyl (C=O) groups is 1. The van der Waals surface area contributed by atoms with Crippen molar-refractivity contribution in [2.45, 2.75) is 20.8 Å². The van der Waals surface area contributed by atoms with Crippen LogP contribution in [0.3, 0.4) is 0 Å². The number of nitrogens with one attached hydrogen (secondary N) is 1. The van der Waals surface area contributed by atoms with Crippen molar-refractivity contribution in [1.82, 2.24) is 15.2 Å². The van der Waals surface area contributed by atoms with Gasteiger partial charge in [-0.05, 0) is 38.0 Å². The molecule has 0 saturated heterocycles. The van der Waals surface area contributed by atoms with E-state index in [1.54, 1.807) is 6.92 Å². The number of aryl methyl sites for hydroxylation is 2. The zero-order valence-electron chi connectivity index (χ0n) is 10.7. The van der Waals surface area contributed by atoms with Gasteiger partial charge in [-0.2, -0.15) is 5.10 Å². The van der Waals surface area contributed by atoms with Crippen LogP contribution in [-0.2, 0) is 4.74 Å². The van der Waals surface area contributed by atoms with Crippen LogP contribution in [0.5, 0.6) is 0 Å². The zero-order chi connectivity index (χ0) is 13.1. The van der Waals surface area contributed by atoms with E-state index >= 15 is 0 Å². The molecule has 0 amide bonds.